The zero-order valence-electron chi connectivity index (χ0n) is 8.58. The van der Waals surface area contributed by atoms with Crippen LogP contribution in [0.5, 0.6) is 0 Å². The first kappa shape index (κ1) is 10.8. The second-order valence-corrected chi connectivity index (χ2v) is 3.36. The zero-order valence-corrected chi connectivity index (χ0v) is 8.58. The van der Waals surface area contributed by atoms with Crippen LogP contribution in [-0.4, -0.2) is 15.8 Å². The van der Waals surface area contributed by atoms with E-state index in [1.165, 1.54) is 6.07 Å². The van der Waals surface area contributed by atoms with E-state index in [4.69, 9.17) is 11.5 Å². The number of anilines is 1. The Hall–Kier alpha value is -2.70. The zero-order chi connectivity index (χ0) is 12.6. The maximum Gasteiger partial charge on any atom is 0.303 e. The van der Waals surface area contributed by atoms with Gasteiger partial charge in [-0.2, -0.15) is 0 Å². The van der Waals surface area contributed by atoms with E-state index < -0.39 is 10.8 Å². The minimum Gasteiger partial charge on any atom is -0.391 e. The molecular formula is C10H8N4O3. The SMILES string of the molecule is NC(=O)c1nc2ccccc2c([N+](=O)[O-])c1N. The van der Waals surface area contributed by atoms with Gasteiger partial charge in [-0.1, -0.05) is 12.1 Å². The van der Waals surface area contributed by atoms with Crippen molar-refractivity contribution in [1.82, 2.24) is 4.98 Å². The Morgan fingerprint density at radius 1 is 1.35 bits per heavy atom. The maximum atomic E-state index is 11.1. The quantitative estimate of drug-likeness (QED) is 0.585. The molecule has 0 aliphatic heterocycles. The summed E-state index contributed by atoms with van der Waals surface area (Å²) in [5.74, 6) is -0.892. The van der Waals surface area contributed by atoms with Gasteiger partial charge in [0, 0.05) is 0 Å². The molecule has 0 atom stereocenters. The number of rotatable bonds is 2. The van der Waals surface area contributed by atoms with Crippen LogP contribution in [0.4, 0.5) is 11.4 Å². The fraction of sp³-hybridized carbons (Fsp3) is 0. The van der Waals surface area contributed by atoms with Gasteiger partial charge in [0.25, 0.3) is 5.91 Å². The van der Waals surface area contributed by atoms with Crippen LogP contribution < -0.4 is 11.5 Å². The number of carbonyl (C=O) groups excluding carboxylic acids is 1. The molecule has 1 aromatic heterocycles. The molecule has 0 spiro atoms. The maximum absolute atomic E-state index is 11.1. The number of carbonyl (C=O) groups is 1. The minimum absolute atomic E-state index is 0.278. The van der Waals surface area contributed by atoms with Gasteiger partial charge in [0.15, 0.2) is 5.69 Å². The first-order chi connectivity index (χ1) is 8.02. The Kier molecular flexibility index (Phi) is 2.36. The third-order valence-corrected chi connectivity index (χ3v) is 2.32. The molecule has 17 heavy (non-hydrogen) atoms. The van der Waals surface area contributed by atoms with E-state index in [1.807, 2.05) is 0 Å². The largest absolute Gasteiger partial charge is 0.391 e. The van der Waals surface area contributed by atoms with Crippen molar-refractivity contribution in [3.63, 3.8) is 0 Å². The summed E-state index contributed by atoms with van der Waals surface area (Å²) in [4.78, 5) is 25.3. The van der Waals surface area contributed by atoms with Crippen LogP contribution in [0.1, 0.15) is 10.5 Å². The van der Waals surface area contributed by atoms with Crippen LogP contribution in [-0.2, 0) is 0 Å². The van der Waals surface area contributed by atoms with Gasteiger partial charge in [-0.05, 0) is 12.1 Å². The van der Waals surface area contributed by atoms with Crippen LogP contribution in [0.25, 0.3) is 10.9 Å². The molecule has 0 saturated carbocycles. The number of hydrogen-bond donors (Lipinski definition) is 2. The molecule has 0 unspecified atom stereocenters. The Labute approximate surface area is 95.2 Å². The van der Waals surface area contributed by atoms with Crippen LogP contribution >= 0.6 is 0 Å². The van der Waals surface area contributed by atoms with Gasteiger partial charge in [0.1, 0.15) is 5.69 Å². The molecular weight excluding hydrogens is 224 g/mol. The third-order valence-electron chi connectivity index (χ3n) is 2.32. The van der Waals surface area contributed by atoms with E-state index in [-0.39, 0.29) is 22.5 Å². The van der Waals surface area contributed by atoms with Gasteiger partial charge in [0.05, 0.1) is 15.8 Å². The van der Waals surface area contributed by atoms with Gasteiger partial charge in [0.2, 0.25) is 0 Å². The normalized spacial score (nSPS) is 10.4. The fourth-order valence-corrected chi connectivity index (χ4v) is 1.59. The summed E-state index contributed by atoms with van der Waals surface area (Å²) in [6.45, 7) is 0. The van der Waals surface area contributed by atoms with Crippen molar-refractivity contribution in [3.05, 3.63) is 40.1 Å². The molecule has 0 bridgehead atoms. The van der Waals surface area contributed by atoms with Gasteiger partial charge >= 0.3 is 5.69 Å². The molecule has 0 aliphatic rings. The number of hydrogen-bond acceptors (Lipinski definition) is 5. The van der Waals surface area contributed by atoms with Crippen LogP contribution in [0, 0.1) is 10.1 Å². The van der Waals surface area contributed by atoms with Crippen molar-refractivity contribution < 1.29 is 9.72 Å². The Morgan fingerprint density at radius 3 is 2.59 bits per heavy atom. The molecule has 0 aliphatic carbocycles. The molecule has 1 amide bonds. The summed E-state index contributed by atoms with van der Waals surface area (Å²) >= 11 is 0. The fourth-order valence-electron chi connectivity index (χ4n) is 1.59. The van der Waals surface area contributed by atoms with E-state index in [1.54, 1.807) is 18.2 Å². The van der Waals surface area contributed by atoms with Crippen molar-refractivity contribution in [2.45, 2.75) is 0 Å². The van der Waals surface area contributed by atoms with E-state index in [0.29, 0.717) is 5.52 Å². The molecule has 0 fully saturated rings. The van der Waals surface area contributed by atoms with Gasteiger partial charge in [-0.25, -0.2) is 4.98 Å². The molecule has 2 rings (SSSR count). The third kappa shape index (κ3) is 1.63. The lowest BCUT2D eigenvalue weighted by Crippen LogP contribution is -2.17. The number of primary amides is 1. The first-order valence-electron chi connectivity index (χ1n) is 4.64. The summed E-state index contributed by atoms with van der Waals surface area (Å²) in [5, 5.41) is 11.2. The summed E-state index contributed by atoms with van der Waals surface area (Å²) < 4.78 is 0. The van der Waals surface area contributed by atoms with E-state index >= 15 is 0 Å². The molecule has 7 heteroatoms. The number of para-hydroxylation sites is 1. The monoisotopic (exact) mass is 232 g/mol. The smallest absolute Gasteiger partial charge is 0.303 e. The Bertz CT molecular complexity index is 639. The van der Waals surface area contributed by atoms with Gasteiger partial charge in [-0.3, -0.25) is 14.9 Å². The second kappa shape index (κ2) is 3.71. The van der Waals surface area contributed by atoms with Crippen molar-refractivity contribution >= 4 is 28.2 Å². The van der Waals surface area contributed by atoms with Crippen molar-refractivity contribution in [3.8, 4) is 0 Å². The Balaban J connectivity index is 2.95. The summed E-state index contributed by atoms with van der Waals surface area (Å²) in [6, 6.07) is 6.34. The molecule has 1 aromatic carbocycles. The molecule has 0 saturated heterocycles. The number of amides is 1. The number of nitrogens with two attached hydrogens (primary N) is 2. The summed E-state index contributed by atoms with van der Waals surface area (Å²) in [6.07, 6.45) is 0. The highest BCUT2D eigenvalue weighted by atomic mass is 16.6. The number of nitrogen functional groups attached to an aromatic ring is 1. The number of aromatic nitrogens is 1. The summed E-state index contributed by atoms with van der Waals surface area (Å²) in [7, 11) is 0. The average molecular weight is 232 g/mol. The highest BCUT2D eigenvalue weighted by Gasteiger charge is 2.23. The highest BCUT2D eigenvalue weighted by Crippen LogP contribution is 2.32. The molecule has 4 N–H and O–H groups in total. The minimum atomic E-state index is -0.892. The van der Waals surface area contributed by atoms with Gasteiger partial charge in [-0.15, -0.1) is 0 Å². The topological polar surface area (TPSA) is 125 Å². The van der Waals surface area contributed by atoms with Crippen LogP contribution in [0.2, 0.25) is 0 Å². The number of fused-ring (bicyclic) bond motifs is 1. The second-order valence-electron chi connectivity index (χ2n) is 3.36. The average Bonchev–Trinajstić information content (AvgIpc) is 2.27. The number of nitrogens with zero attached hydrogens (tertiary/aromatic N) is 2. The summed E-state index contributed by atoms with van der Waals surface area (Å²) in [5.41, 5.74) is 9.99. The first-order valence-corrected chi connectivity index (χ1v) is 4.64. The van der Waals surface area contributed by atoms with E-state index in [0.717, 1.165) is 0 Å². The Morgan fingerprint density at radius 2 is 2.00 bits per heavy atom. The van der Waals surface area contributed by atoms with Crippen LogP contribution in [0.15, 0.2) is 24.3 Å². The lowest BCUT2D eigenvalue weighted by molar-refractivity contribution is -0.382. The van der Waals surface area contributed by atoms with Crippen molar-refractivity contribution in [2.75, 3.05) is 5.73 Å². The highest BCUT2D eigenvalue weighted by molar-refractivity contribution is 6.04. The van der Waals surface area contributed by atoms with E-state index in [2.05, 4.69) is 4.98 Å². The lowest BCUT2D eigenvalue weighted by Gasteiger charge is -2.05. The standard InChI is InChI=1S/C10H8N4O3/c11-7-8(10(12)15)13-6-4-2-1-3-5(6)9(7)14(16)17/h1-4H,11H2,(H2,12,15). The number of nitro groups is 1. The van der Waals surface area contributed by atoms with E-state index in [9.17, 15) is 14.9 Å². The molecule has 1 heterocycles. The number of pyridine rings is 1. The van der Waals surface area contributed by atoms with Crippen LogP contribution in [0.3, 0.4) is 0 Å². The lowest BCUT2D eigenvalue weighted by atomic mass is 10.1. The van der Waals surface area contributed by atoms with Crippen molar-refractivity contribution in [2.24, 2.45) is 5.73 Å². The molecule has 7 nitrogen and oxygen atoms in total. The predicted octanol–water partition coefficient (Wildman–Crippen LogP) is 0.824. The predicted molar refractivity (Wildman–Crippen MR) is 61.3 cm³/mol. The molecule has 0 radical (unpaired) electrons. The van der Waals surface area contributed by atoms with Crippen molar-refractivity contribution in [1.29, 1.82) is 0 Å². The molecule has 86 valence electrons. The molecule has 2 aromatic rings. The number of benzene rings is 1. The van der Waals surface area contributed by atoms with Gasteiger partial charge < -0.3 is 11.5 Å².